The first-order valence-corrected chi connectivity index (χ1v) is 9.17. The van der Waals surface area contributed by atoms with Crippen LogP contribution in [0.25, 0.3) is 0 Å². The van der Waals surface area contributed by atoms with Gasteiger partial charge >= 0.3 is 6.03 Å². The van der Waals surface area contributed by atoms with Gasteiger partial charge in [0.25, 0.3) is 5.91 Å². The van der Waals surface area contributed by atoms with E-state index in [1.165, 1.54) is 11.1 Å². The molecule has 0 radical (unpaired) electrons. The molecule has 0 bridgehead atoms. The van der Waals surface area contributed by atoms with Crippen LogP contribution in [0.2, 0.25) is 0 Å². The molecule has 3 N–H and O–H groups in total. The fraction of sp³-hybridized carbons (Fsp3) is 0.368. The summed E-state index contributed by atoms with van der Waals surface area (Å²) >= 11 is 0. The number of nitrogens with one attached hydrogen (secondary N) is 3. The molecule has 0 spiro atoms. The van der Waals surface area contributed by atoms with Crippen molar-refractivity contribution >= 4 is 17.8 Å². The third-order valence-electron chi connectivity index (χ3n) is 4.91. The van der Waals surface area contributed by atoms with E-state index in [-0.39, 0.29) is 17.6 Å². The molecule has 1 saturated heterocycles. The highest BCUT2D eigenvalue weighted by molar-refractivity contribution is 5.92. The Morgan fingerprint density at radius 2 is 1.93 bits per heavy atom. The van der Waals surface area contributed by atoms with E-state index in [0.29, 0.717) is 38.0 Å². The molecule has 2 aliphatic rings. The molecule has 8 heteroatoms. The predicted molar refractivity (Wildman–Crippen MR) is 101 cm³/mol. The Kier molecular flexibility index (Phi) is 4.86. The number of anilines is 1. The number of nitrogens with zero attached hydrogens (tertiary/aromatic N) is 3. The molecule has 0 saturated carbocycles. The maximum Gasteiger partial charge on any atom is 0.317 e. The third-order valence-corrected chi connectivity index (χ3v) is 4.91. The smallest absolute Gasteiger partial charge is 0.317 e. The summed E-state index contributed by atoms with van der Waals surface area (Å²) in [6, 6.07) is 12.1. The Labute approximate surface area is 157 Å². The second kappa shape index (κ2) is 7.61. The van der Waals surface area contributed by atoms with Crippen molar-refractivity contribution in [3.63, 3.8) is 0 Å². The zero-order chi connectivity index (χ0) is 18.6. The van der Waals surface area contributed by atoms with Crippen molar-refractivity contribution in [2.24, 2.45) is 0 Å². The van der Waals surface area contributed by atoms with E-state index in [2.05, 4.69) is 50.4 Å². The van der Waals surface area contributed by atoms with E-state index < -0.39 is 0 Å². The molecule has 0 atom stereocenters. The summed E-state index contributed by atoms with van der Waals surface area (Å²) in [5, 5.41) is 17.0. The van der Waals surface area contributed by atoms with Gasteiger partial charge in [0.05, 0.1) is 0 Å². The minimum Gasteiger partial charge on any atom is -0.365 e. The first-order chi connectivity index (χ1) is 13.2. The third kappa shape index (κ3) is 3.99. The maximum atomic E-state index is 12.2. The number of benzene rings is 1. The van der Waals surface area contributed by atoms with Gasteiger partial charge in [-0.25, -0.2) is 4.79 Å². The number of carbonyl (C=O) groups excluding carboxylic acids is 2. The zero-order valence-electron chi connectivity index (χ0n) is 14.9. The quantitative estimate of drug-likeness (QED) is 0.703. The van der Waals surface area contributed by atoms with Crippen LogP contribution >= 0.6 is 0 Å². The van der Waals surface area contributed by atoms with Crippen LogP contribution in [0.3, 0.4) is 0 Å². The van der Waals surface area contributed by atoms with E-state index in [1.807, 2.05) is 0 Å². The van der Waals surface area contributed by atoms with Gasteiger partial charge in [0, 0.05) is 32.2 Å². The van der Waals surface area contributed by atoms with Crippen LogP contribution in [0.5, 0.6) is 0 Å². The summed E-state index contributed by atoms with van der Waals surface area (Å²) in [7, 11) is 0. The van der Waals surface area contributed by atoms with Crippen LogP contribution in [0.15, 0.2) is 36.4 Å². The average Bonchev–Trinajstić information content (AvgIpc) is 3.27. The van der Waals surface area contributed by atoms with Crippen molar-refractivity contribution in [3.8, 4) is 0 Å². The molecule has 27 heavy (non-hydrogen) atoms. The number of urea groups is 1. The summed E-state index contributed by atoms with van der Waals surface area (Å²) in [6.45, 7) is 2.18. The van der Waals surface area contributed by atoms with Crippen LogP contribution < -0.4 is 16.0 Å². The summed E-state index contributed by atoms with van der Waals surface area (Å²) in [6.07, 6.45) is 1.92. The minimum absolute atomic E-state index is 0.0893. The Morgan fingerprint density at radius 3 is 2.56 bits per heavy atom. The van der Waals surface area contributed by atoms with Gasteiger partial charge in [-0.2, -0.15) is 0 Å². The van der Waals surface area contributed by atoms with Crippen LogP contribution in [0.1, 0.15) is 21.6 Å². The highest BCUT2D eigenvalue weighted by atomic mass is 16.2. The first-order valence-electron chi connectivity index (χ1n) is 9.17. The normalized spacial score (nSPS) is 16.1. The van der Waals surface area contributed by atoms with Gasteiger partial charge in [0.15, 0.2) is 5.69 Å². The van der Waals surface area contributed by atoms with E-state index >= 15 is 0 Å². The number of hydrogen-bond acceptors (Lipinski definition) is 5. The molecule has 1 aliphatic heterocycles. The van der Waals surface area contributed by atoms with Crippen LogP contribution in [0, 0.1) is 0 Å². The second-order valence-electron chi connectivity index (χ2n) is 6.80. The Bertz CT molecular complexity index is 813. The number of carbonyl (C=O) groups is 2. The lowest BCUT2D eigenvalue weighted by Gasteiger charge is -2.14. The number of hydrogen-bond donors (Lipinski definition) is 3. The van der Waals surface area contributed by atoms with Gasteiger partial charge in [-0.05, 0) is 36.1 Å². The van der Waals surface area contributed by atoms with E-state index in [9.17, 15) is 9.59 Å². The maximum absolute atomic E-state index is 12.2. The molecule has 140 valence electrons. The number of fused-ring (bicyclic) bond motifs is 1. The van der Waals surface area contributed by atoms with Crippen LogP contribution in [-0.4, -0.2) is 59.3 Å². The largest absolute Gasteiger partial charge is 0.365 e. The molecule has 1 fully saturated rings. The standard InChI is InChI=1S/C19H22N6O2/c26-18(20-7-9-25-10-8-21-19(25)27)16-5-6-17(24-23-16)22-15-11-13-3-1-2-4-14(13)12-15/h1-6,15H,7-12H2,(H,20,26)(H,21,27)(H,22,24). The molecule has 1 aromatic carbocycles. The van der Waals surface area contributed by atoms with E-state index in [4.69, 9.17) is 0 Å². The topological polar surface area (TPSA) is 99.2 Å². The lowest BCUT2D eigenvalue weighted by atomic mass is 10.1. The SMILES string of the molecule is O=C(NCCN1CCNC1=O)c1ccc(NC2Cc3ccccc3C2)nn1. The lowest BCUT2D eigenvalue weighted by molar-refractivity contribution is 0.0944. The fourth-order valence-corrected chi connectivity index (χ4v) is 3.52. The summed E-state index contributed by atoms with van der Waals surface area (Å²) in [4.78, 5) is 25.3. The average molecular weight is 366 g/mol. The van der Waals surface area contributed by atoms with Crippen molar-refractivity contribution in [2.45, 2.75) is 18.9 Å². The van der Waals surface area contributed by atoms with Crippen molar-refractivity contribution in [2.75, 3.05) is 31.5 Å². The zero-order valence-corrected chi connectivity index (χ0v) is 14.9. The molecular weight excluding hydrogens is 344 g/mol. The van der Waals surface area contributed by atoms with E-state index in [1.54, 1.807) is 17.0 Å². The number of aromatic nitrogens is 2. The Hall–Kier alpha value is -3.16. The highest BCUT2D eigenvalue weighted by Gasteiger charge is 2.21. The van der Waals surface area contributed by atoms with Crippen LogP contribution in [-0.2, 0) is 12.8 Å². The van der Waals surface area contributed by atoms with Gasteiger partial charge in [-0.15, -0.1) is 10.2 Å². The second-order valence-corrected chi connectivity index (χ2v) is 6.80. The molecule has 4 rings (SSSR count). The summed E-state index contributed by atoms with van der Waals surface area (Å²) < 4.78 is 0. The van der Waals surface area contributed by atoms with Crippen molar-refractivity contribution < 1.29 is 9.59 Å². The Morgan fingerprint density at radius 1 is 1.15 bits per heavy atom. The van der Waals surface area contributed by atoms with Gasteiger partial charge in [-0.1, -0.05) is 24.3 Å². The first kappa shape index (κ1) is 17.3. The van der Waals surface area contributed by atoms with Gasteiger partial charge in [0.2, 0.25) is 0 Å². The van der Waals surface area contributed by atoms with Gasteiger partial charge < -0.3 is 20.9 Å². The fourth-order valence-electron chi connectivity index (χ4n) is 3.52. The summed E-state index contributed by atoms with van der Waals surface area (Å²) in [5.41, 5.74) is 3.00. The van der Waals surface area contributed by atoms with Crippen molar-refractivity contribution in [1.82, 2.24) is 25.7 Å². The molecule has 2 heterocycles. The van der Waals surface area contributed by atoms with Crippen molar-refractivity contribution in [1.29, 1.82) is 0 Å². The monoisotopic (exact) mass is 366 g/mol. The number of rotatable bonds is 6. The minimum atomic E-state index is -0.290. The molecule has 8 nitrogen and oxygen atoms in total. The molecule has 2 aromatic rings. The van der Waals surface area contributed by atoms with Gasteiger partial charge in [0.1, 0.15) is 5.82 Å². The number of amides is 3. The molecule has 3 amide bonds. The predicted octanol–water partition coefficient (Wildman–Crippen LogP) is 0.811. The Balaban J connectivity index is 1.26. The van der Waals surface area contributed by atoms with Crippen molar-refractivity contribution in [3.05, 3.63) is 53.2 Å². The summed E-state index contributed by atoms with van der Waals surface area (Å²) in [5.74, 6) is 0.375. The molecule has 1 aromatic heterocycles. The molecular formula is C19H22N6O2. The lowest BCUT2D eigenvalue weighted by Crippen LogP contribution is -2.37. The molecule has 1 aliphatic carbocycles. The highest BCUT2D eigenvalue weighted by Crippen LogP contribution is 2.23. The van der Waals surface area contributed by atoms with Crippen LogP contribution in [0.4, 0.5) is 10.6 Å². The molecule has 0 unspecified atom stereocenters. The van der Waals surface area contributed by atoms with E-state index in [0.717, 1.165) is 12.8 Å². The van der Waals surface area contributed by atoms with Gasteiger partial charge in [-0.3, -0.25) is 4.79 Å².